The van der Waals surface area contributed by atoms with E-state index in [2.05, 4.69) is 5.32 Å². The van der Waals surface area contributed by atoms with Crippen molar-refractivity contribution >= 4 is 23.3 Å². The van der Waals surface area contributed by atoms with Crippen molar-refractivity contribution in [1.29, 1.82) is 0 Å². The molecule has 0 saturated heterocycles. The van der Waals surface area contributed by atoms with Gasteiger partial charge in [0.15, 0.2) is 0 Å². The summed E-state index contributed by atoms with van der Waals surface area (Å²) >= 11 is 0. The van der Waals surface area contributed by atoms with Crippen LogP contribution in [0.15, 0.2) is 48.5 Å². The second kappa shape index (κ2) is 5.28. The van der Waals surface area contributed by atoms with Gasteiger partial charge in [0, 0.05) is 0 Å². The third kappa shape index (κ3) is 2.58. The predicted octanol–water partition coefficient (Wildman–Crippen LogP) is 2.34. The van der Waals surface area contributed by atoms with E-state index in [1.165, 1.54) is 0 Å². The zero-order valence-electron chi connectivity index (χ0n) is 11.2. The van der Waals surface area contributed by atoms with E-state index in [9.17, 15) is 9.59 Å². The molecule has 0 bridgehead atoms. The van der Waals surface area contributed by atoms with E-state index in [0.717, 1.165) is 16.9 Å². The molecule has 0 aliphatic carbocycles. The van der Waals surface area contributed by atoms with Crippen molar-refractivity contribution in [2.24, 2.45) is 0 Å². The minimum atomic E-state index is -0.954. The molecule has 2 aromatic carbocycles. The van der Waals surface area contributed by atoms with Crippen molar-refractivity contribution in [3.05, 3.63) is 59.7 Å². The van der Waals surface area contributed by atoms with E-state index in [4.69, 9.17) is 5.11 Å². The predicted molar refractivity (Wildman–Crippen MR) is 79.5 cm³/mol. The highest BCUT2D eigenvalue weighted by Crippen LogP contribution is 2.30. The Morgan fingerprint density at radius 1 is 1.14 bits per heavy atom. The monoisotopic (exact) mass is 282 g/mol. The number of aromatic carboxylic acids is 1. The van der Waals surface area contributed by atoms with Gasteiger partial charge in [0.1, 0.15) is 0 Å². The van der Waals surface area contributed by atoms with Gasteiger partial charge >= 0.3 is 5.97 Å². The minimum Gasteiger partial charge on any atom is -0.478 e. The summed E-state index contributed by atoms with van der Waals surface area (Å²) in [5.41, 5.74) is 2.91. The number of carboxylic acids is 1. The molecule has 0 radical (unpaired) electrons. The number of hydrogen-bond donors (Lipinski definition) is 2. The van der Waals surface area contributed by atoms with Gasteiger partial charge in [0.2, 0.25) is 5.91 Å². The van der Waals surface area contributed by atoms with E-state index >= 15 is 0 Å². The summed E-state index contributed by atoms with van der Waals surface area (Å²) in [6, 6.07) is 14.2. The Hall–Kier alpha value is -2.82. The van der Waals surface area contributed by atoms with Crippen molar-refractivity contribution in [3.63, 3.8) is 0 Å². The van der Waals surface area contributed by atoms with E-state index < -0.39 is 5.97 Å². The van der Waals surface area contributed by atoms with Crippen molar-refractivity contribution in [2.75, 3.05) is 16.8 Å². The fraction of sp³-hybridized carbons (Fsp3) is 0.125. The van der Waals surface area contributed by atoms with Crippen LogP contribution in [0.25, 0.3) is 0 Å². The third-order valence-electron chi connectivity index (χ3n) is 3.47. The molecule has 106 valence electrons. The van der Waals surface area contributed by atoms with Gasteiger partial charge in [-0.25, -0.2) is 4.79 Å². The number of nitrogens with one attached hydrogen (secondary N) is 1. The van der Waals surface area contributed by atoms with Crippen molar-refractivity contribution in [1.82, 2.24) is 0 Å². The van der Waals surface area contributed by atoms with Crippen LogP contribution in [0.4, 0.5) is 11.4 Å². The molecule has 3 rings (SSSR count). The maximum absolute atomic E-state index is 12.1. The van der Waals surface area contributed by atoms with Gasteiger partial charge < -0.3 is 15.3 Å². The molecule has 5 nitrogen and oxygen atoms in total. The molecule has 0 aromatic heterocycles. The number of benzene rings is 2. The van der Waals surface area contributed by atoms with Crippen LogP contribution in [0.5, 0.6) is 0 Å². The van der Waals surface area contributed by atoms with Crippen LogP contribution in [0.3, 0.4) is 0 Å². The summed E-state index contributed by atoms with van der Waals surface area (Å²) in [5, 5.41) is 12.0. The first-order valence-corrected chi connectivity index (χ1v) is 6.60. The second-order valence-electron chi connectivity index (χ2n) is 4.85. The average Bonchev–Trinajstić information content (AvgIpc) is 2.51. The van der Waals surface area contributed by atoms with E-state index in [1.54, 1.807) is 29.2 Å². The lowest BCUT2D eigenvalue weighted by molar-refractivity contribution is -0.117. The molecule has 2 N–H and O–H groups in total. The van der Waals surface area contributed by atoms with Crippen molar-refractivity contribution < 1.29 is 14.7 Å². The summed E-state index contributed by atoms with van der Waals surface area (Å²) < 4.78 is 0. The zero-order chi connectivity index (χ0) is 14.8. The van der Waals surface area contributed by atoms with Crippen LogP contribution in [0.2, 0.25) is 0 Å². The number of amides is 1. The Morgan fingerprint density at radius 3 is 2.57 bits per heavy atom. The second-order valence-corrected chi connectivity index (χ2v) is 4.85. The lowest BCUT2D eigenvalue weighted by atomic mass is 10.1. The third-order valence-corrected chi connectivity index (χ3v) is 3.47. The fourth-order valence-corrected chi connectivity index (χ4v) is 2.37. The standard InChI is InChI=1S/C16H14N2O3/c19-15-9-17-13-3-1-2-4-14(13)18(15)10-11-5-7-12(8-6-11)16(20)21/h1-8,17H,9-10H2,(H,20,21). The number of nitrogens with zero attached hydrogens (tertiary/aromatic N) is 1. The van der Waals surface area contributed by atoms with Gasteiger partial charge in [0.25, 0.3) is 0 Å². The molecule has 1 aliphatic heterocycles. The first kappa shape index (κ1) is 13.2. The number of fused-ring (bicyclic) bond motifs is 1. The van der Waals surface area contributed by atoms with E-state index in [-0.39, 0.29) is 18.0 Å². The average molecular weight is 282 g/mol. The van der Waals surface area contributed by atoms with E-state index in [1.807, 2.05) is 24.3 Å². The van der Waals surface area contributed by atoms with Crippen LogP contribution in [0.1, 0.15) is 15.9 Å². The lowest BCUT2D eigenvalue weighted by Gasteiger charge is -2.30. The highest BCUT2D eigenvalue weighted by atomic mass is 16.4. The van der Waals surface area contributed by atoms with Crippen LogP contribution in [0, 0.1) is 0 Å². The van der Waals surface area contributed by atoms with Crippen molar-refractivity contribution in [2.45, 2.75) is 6.54 Å². The molecule has 0 saturated carbocycles. The summed E-state index contributed by atoms with van der Waals surface area (Å²) in [6.07, 6.45) is 0. The van der Waals surface area contributed by atoms with Gasteiger partial charge in [-0.2, -0.15) is 0 Å². The Labute approximate surface area is 121 Å². The molecule has 2 aromatic rings. The molecule has 1 aliphatic rings. The number of para-hydroxylation sites is 2. The van der Waals surface area contributed by atoms with Crippen molar-refractivity contribution in [3.8, 4) is 0 Å². The van der Waals surface area contributed by atoms with Gasteiger partial charge in [-0.1, -0.05) is 24.3 Å². The van der Waals surface area contributed by atoms with Gasteiger partial charge in [-0.3, -0.25) is 4.79 Å². The number of anilines is 2. The summed E-state index contributed by atoms with van der Waals surface area (Å²) in [7, 11) is 0. The minimum absolute atomic E-state index is 0.00369. The number of carboxylic acid groups (broad SMARTS) is 1. The smallest absolute Gasteiger partial charge is 0.335 e. The van der Waals surface area contributed by atoms with Gasteiger partial charge in [0.05, 0.1) is 30.0 Å². The highest BCUT2D eigenvalue weighted by molar-refractivity contribution is 6.02. The quantitative estimate of drug-likeness (QED) is 0.906. The molecule has 21 heavy (non-hydrogen) atoms. The molecule has 5 heteroatoms. The molecule has 0 unspecified atom stereocenters. The molecule has 1 heterocycles. The van der Waals surface area contributed by atoms with Crippen LogP contribution >= 0.6 is 0 Å². The summed E-state index contributed by atoms with van der Waals surface area (Å²) in [5.74, 6) is -0.957. The van der Waals surface area contributed by atoms with Crippen LogP contribution in [-0.2, 0) is 11.3 Å². The fourth-order valence-electron chi connectivity index (χ4n) is 2.37. The first-order valence-electron chi connectivity index (χ1n) is 6.60. The molecular formula is C16H14N2O3. The number of carbonyl (C=O) groups is 2. The Balaban J connectivity index is 1.87. The topological polar surface area (TPSA) is 69.6 Å². The molecule has 0 atom stereocenters. The molecule has 1 amide bonds. The first-order chi connectivity index (χ1) is 10.1. The van der Waals surface area contributed by atoms with Crippen LogP contribution in [-0.4, -0.2) is 23.5 Å². The van der Waals surface area contributed by atoms with E-state index in [0.29, 0.717) is 6.54 Å². The highest BCUT2D eigenvalue weighted by Gasteiger charge is 2.23. The van der Waals surface area contributed by atoms with Gasteiger partial charge in [-0.15, -0.1) is 0 Å². The molecule has 0 spiro atoms. The lowest BCUT2D eigenvalue weighted by Crippen LogP contribution is -2.39. The summed E-state index contributed by atoms with van der Waals surface area (Å²) in [6.45, 7) is 0.696. The molecule has 0 fully saturated rings. The maximum Gasteiger partial charge on any atom is 0.335 e. The number of hydrogen-bond acceptors (Lipinski definition) is 3. The SMILES string of the molecule is O=C(O)c1ccc(CN2C(=O)CNc3ccccc32)cc1. The number of rotatable bonds is 3. The number of carbonyl (C=O) groups excluding carboxylic acids is 1. The molecular weight excluding hydrogens is 268 g/mol. The normalized spacial score (nSPS) is 13.5. The Kier molecular flexibility index (Phi) is 3.31. The zero-order valence-corrected chi connectivity index (χ0v) is 11.2. The largest absolute Gasteiger partial charge is 0.478 e. The Bertz CT molecular complexity index is 695. The Morgan fingerprint density at radius 2 is 1.86 bits per heavy atom. The summed E-state index contributed by atoms with van der Waals surface area (Å²) in [4.78, 5) is 24.7. The van der Waals surface area contributed by atoms with Crippen LogP contribution < -0.4 is 10.2 Å². The van der Waals surface area contributed by atoms with Gasteiger partial charge in [-0.05, 0) is 29.8 Å². The maximum atomic E-state index is 12.1.